The van der Waals surface area contributed by atoms with Gasteiger partial charge in [0.1, 0.15) is 5.75 Å². The highest BCUT2D eigenvalue weighted by Crippen LogP contribution is 2.22. The number of oxime groups is 1. The maximum absolute atomic E-state index is 8.76. The topological polar surface area (TPSA) is 97.7 Å². The number of ether oxygens (including phenoxy) is 1. The number of nitrogens with two attached hydrogens (primary N) is 1. The predicted octanol–water partition coefficient (Wildman–Crippen LogP) is 1.44. The molecule has 0 spiro atoms. The number of methoxy groups -OCH3 is 1. The van der Waals surface area contributed by atoms with Crippen molar-refractivity contribution < 1.29 is 9.94 Å². The summed E-state index contributed by atoms with van der Waals surface area (Å²) in [7, 11) is 3.48. The molecule has 1 heterocycles. The van der Waals surface area contributed by atoms with Gasteiger partial charge < -0.3 is 21.0 Å². The summed E-state index contributed by atoms with van der Waals surface area (Å²) in [5, 5.41) is 19.3. The highest BCUT2D eigenvalue weighted by Gasteiger charge is 2.09. The summed E-state index contributed by atoms with van der Waals surface area (Å²) in [6, 6.07) is 5.36. The van der Waals surface area contributed by atoms with E-state index in [-0.39, 0.29) is 5.84 Å². The van der Waals surface area contributed by atoms with Gasteiger partial charge in [-0.3, -0.25) is 4.68 Å². The third kappa shape index (κ3) is 3.25. The third-order valence-corrected chi connectivity index (χ3v) is 3.17. The average Bonchev–Trinajstić information content (AvgIpc) is 2.81. The van der Waals surface area contributed by atoms with E-state index >= 15 is 0 Å². The van der Waals surface area contributed by atoms with Gasteiger partial charge in [0.15, 0.2) is 5.84 Å². The maximum atomic E-state index is 8.76. The molecule has 7 nitrogen and oxygen atoms in total. The fraction of sp³-hybridized carbons (Fsp3) is 0.286. The van der Waals surface area contributed by atoms with Crippen molar-refractivity contribution in [2.75, 3.05) is 12.4 Å². The number of aryl methyl sites for hydroxylation is 2. The van der Waals surface area contributed by atoms with Gasteiger partial charge in [-0.1, -0.05) is 5.16 Å². The number of amidine groups is 1. The average molecular weight is 289 g/mol. The van der Waals surface area contributed by atoms with Crippen molar-refractivity contribution in [3.63, 3.8) is 0 Å². The Balaban J connectivity index is 2.23. The molecule has 0 unspecified atom stereocenters. The zero-order chi connectivity index (χ0) is 15.4. The van der Waals surface area contributed by atoms with Gasteiger partial charge in [0.25, 0.3) is 0 Å². The van der Waals surface area contributed by atoms with Crippen LogP contribution in [0.1, 0.15) is 16.8 Å². The van der Waals surface area contributed by atoms with Gasteiger partial charge in [0.2, 0.25) is 0 Å². The monoisotopic (exact) mass is 289 g/mol. The summed E-state index contributed by atoms with van der Waals surface area (Å²) >= 11 is 0. The fourth-order valence-corrected chi connectivity index (χ4v) is 2.10. The molecule has 0 amide bonds. The molecule has 0 saturated heterocycles. The molecule has 0 bridgehead atoms. The Morgan fingerprint density at radius 2 is 2.29 bits per heavy atom. The second kappa shape index (κ2) is 6.17. The van der Waals surface area contributed by atoms with Crippen LogP contribution in [0.5, 0.6) is 5.75 Å². The van der Waals surface area contributed by atoms with Crippen LogP contribution in [-0.4, -0.2) is 27.9 Å². The molecular formula is C14H19N5O2. The Labute approximate surface area is 123 Å². The first-order valence-electron chi connectivity index (χ1n) is 6.44. The van der Waals surface area contributed by atoms with Gasteiger partial charge >= 0.3 is 0 Å². The number of rotatable bonds is 5. The van der Waals surface area contributed by atoms with Crippen LogP contribution in [0.2, 0.25) is 0 Å². The summed E-state index contributed by atoms with van der Waals surface area (Å²) < 4.78 is 7.09. The molecule has 1 aromatic heterocycles. The van der Waals surface area contributed by atoms with E-state index in [4.69, 9.17) is 15.7 Å². The lowest BCUT2D eigenvalue weighted by atomic mass is 10.1. The number of hydrogen-bond donors (Lipinski definition) is 3. The van der Waals surface area contributed by atoms with E-state index in [1.807, 2.05) is 26.2 Å². The van der Waals surface area contributed by atoms with Crippen molar-refractivity contribution in [1.82, 2.24) is 9.78 Å². The normalized spacial score (nSPS) is 11.5. The number of anilines is 1. The highest BCUT2D eigenvalue weighted by atomic mass is 16.5. The maximum Gasteiger partial charge on any atom is 0.170 e. The third-order valence-electron chi connectivity index (χ3n) is 3.17. The Morgan fingerprint density at radius 1 is 1.52 bits per heavy atom. The molecule has 0 aliphatic carbocycles. The summed E-state index contributed by atoms with van der Waals surface area (Å²) in [5.41, 5.74) is 9.03. The first-order valence-corrected chi connectivity index (χ1v) is 6.44. The minimum absolute atomic E-state index is 0.0662. The van der Waals surface area contributed by atoms with E-state index in [0.717, 1.165) is 22.7 Å². The summed E-state index contributed by atoms with van der Waals surface area (Å²) in [4.78, 5) is 0. The smallest absolute Gasteiger partial charge is 0.170 e. The van der Waals surface area contributed by atoms with E-state index in [2.05, 4.69) is 15.6 Å². The molecule has 0 aliphatic rings. The van der Waals surface area contributed by atoms with Crippen molar-refractivity contribution in [3.05, 3.63) is 41.2 Å². The van der Waals surface area contributed by atoms with Crippen molar-refractivity contribution in [3.8, 4) is 5.75 Å². The van der Waals surface area contributed by atoms with Gasteiger partial charge in [0, 0.05) is 30.9 Å². The number of hydrogen-bond acceptors (Lipinski definition) is 5. The van der Waals surface area contributed by atoms with Gasteiger partial charge in [0.05, 0.1) is 18.5 Å². The predicted molar refractivity (Wildman–Crippen MR) is 80.8 cm³/mol. The second-order valence-corrected chi connectivity index (χ2v) is 4.67. The molecule has 4 N–H and O–H groups in total. The Kier molecular flexibility index (Phi) is 4.32. The van der Waals surface area contributed by atoms with Crippen molar-refractivity contribution >= 4 is 11.5 Å². The van der Waals surface area contributed by atoms with Crippen LogP contribution in [0, 0.1) is 6.92 Å². The molecule has 7 heteroatoms. The highest BCUT2D eigenvalue weighted by molar-refractivity contribution is 5.97. The minimum Gasteiger partial charge on any atom is -0.496 e. The SMILES string of the molecule is COc1ccc(/C(N)=N/O)cc1CNc1cn(C)nc1C. The quantitative estimate of drug-likeness (QED) is 0.335. The van der Waals surface area contributed by atoms with Crippen LogP contribution in [0.15, 0.2) is 29.6 Å². The Bertz CT molecular complexity index is 663. The first-order chi connectivity index (χ1) is 10.0. The lowest BCUT2D eigenvalue weighted by Gasteiger charge is -2.11. The first kappa shape index (κ1) is 14.7. The molecule has 0 radical (unpaired) electrons. The molecule has 2 aromatic rings. The van der Waals surface area contributed by atoms with E-state index in [0.29, 0.717) is 12.1 Å². The van der Waals surface area contributed by atoms with Crippen LogP contribution in [0.4, 0.5) is 5.69 Å². The molecule has 1 aromatic carbocycles. The molecule has 0 atom stereocenters. The standard InChI is InChI=1S/C14H19N5O2/c1-9-12(8-19(2)17-9)16-7-11-6-10(14(15)18-20)4-5-13(11)21-3/h4-6,8,16,20H,7H2,1-3H3,(H2,15,18). The zero-order valence-electron chi connectivity index (χ0n) is 12.3. The molecule has 21 heavy (non-hydrogen) atoms. The Morgan fingerprint density at radius 3 is 2.86 bits per heavy atom. The Hall–Kier alpha value is -2.70. The van der Waals surface area contributed by atoms with Gasteiger partial charge in [-0.15, -0.1) is 0 Å². The molecule has 0 aliphatic heterocycles. The van der Waals surface area contributed by atoms with Crippen LogP contribution < -0.4 is 15.8 Å². The number of benzene rings is 1. The second-order valence-electron chi connectivity index (χ2n) is 4.67. The summed E-state index contributed by atoms with van der Waals surface area (Å²) in [6.07, 6.45) is 1.91. The zero-order valence-corrected chi connectivity index (χ0v) is 12.3. The lowest BCUT2D eigenvalue weighted by molar-refractivity contribution is 0.318. The van der Waals surface area contributed by atoms with Crippen molar-refractivity contribution in [2.45, 2.75) is 13.5 Å². The molecule has 2 rings (SSSR count). The van der Waals surface area contributed by atoms with Crippen LogP contribution in [0.25, 0.3) is 0 Å². The molecule has 112 valence electrons. The van der Waals surface area contributed by atoms with E-state index in [1.54, 1.807) is 23.9 Å². The fourth-order valence-electron chi connectivity index (χ4n) is 2.10. The van der Waals surface area contributed by atoms with Gasteiger partial charge in [-0.25, -0.2) is 0 Å². The van der Waals surface area contributed by atoms with E-state index in [9.17, 15) is 0 Å². The summed E-state index contributed by atoms with van der Waals surface area (Å²) in [6.45, 7) is 2.48. The molecular weight excluding hydrogens is 270 g/mol. The minimum atomic E-state index is 0.0662. The van der Waals surface area contributed by atoms with Crippen molar-refractivity contribution in [1.29, 1.82) is 0 Å². The molecule has 0 fully saturated rings. The number of nitrogens with one attached hydrogen (secondary N) is 1. The lowest BCUT2D eigenvalue weighted by Crippen LogP contribution is -2.14. The largest absolute Gasteiger partial charge is 0.496 e. The van der Waals surface area contributed by atoms with Gasteiger partial charge in [-0.2, -0.15) is 5.10 Å². The van der Waals surface area contributed by atoms with E-state index in [1.165, 1.54) is 0 Å². The van der Waals surface area contributed by atoms with Crippen LogP contribution in [0.3, 0.4) is 0 Å². The van der Waals surface area contributed by atoms with Gasteiger partial charge in [-0.05, 0) is 25.1 Å². The van der Waals surface area contributed by atoms with Crippen LogP contribution in [-0.2, 0) is 13.6 Å². The number of nitrogens with zero attached hydrogens (tertiary/aromatic N) is 3. The van der Waals surface area contributed by atoms with E-state index < -0.39 is 0 Å². The molecule has 0 saturated carbocycles. The number of aromatic nitrogens is 2. The summed E-state index contributed by atoms with van der Waals surface area (Å²) in [5.74, 6) is 0.801. The van der Waals surface area contributed by atoms with Crippen LogP contribution >= 0.6 is 0 Å². The van der Waals surface area contributed by atoms with Crippen molar-refractivity contribution in [2.24, 2.45) is 17.9 Å².